The standard InChI is InChI=1S/C17H14N2O3/c1-12(20)18-14-4-2-5-15(10-14)19-11-13(7-8-17(19)21)16-6-3-9-22-16/h2-11H,1H3,(H,18,20). The van der Waals surface area contributed by atoms with Gasteiger partial charge in [-0.05, 0) is 36.4 Å². The van der Waals surface area contributed by atoms with E-state index in [1.807, 2.05) is 6.07 Å². The molecular weight excluding hydrogens is 280 g/mol. The molecule has 5 nitrogen and oxygen atoms in total. The molecule has 110 valence electrons. The van der Waals surface area contributed by atoms with Crippen LogP contribution in [-0.4, -0.2) is 10.5 Å². The fraction of sp³-hybridized carbons (Fsp3) is 0.0588. The van der Waals surface area contributed by atoms with E-state index < -0.39 is 0 Å². The lowest BCUT2D eigenvalue weighted by Gasteiger charge is -2.09. The number of pyridine rings is 1. The van der Waals surface area contributed by atoms with Crippen molar-refractivity contribution in [2.45, 2.75) is 6.92 Å². The lowest BCUT2D eigenvalue weighted by atomic mass is 10.2. The van der Waals surface area contributed by atoms with Crippen LogP contribution in [0.15, 0.2) is 70.2 Å². The highest BCUT2D eigenvalue weighted by Gasteiger charge is 2.06. The molecule has 2 aromatic heterocycles. The van der Waals surface area contributed by atoms with E-state index in [1.54, 1.807) is 48.9 Å². The molecule has 0 saturated heterocycles. The number of amides is 1. The van der Waals surface area contributed by atoms with E-state index in [1.165, 1.54) is 17.6 Å². The fourth-order valence-electron chi connectivity index (χ4n) is 2.21. The summed E-state index contributed by atoms with van der Waals surface area (Å²) >= 11 is 0. The number of aromatic nitrogens is 1. The monoisotopic (exact) mass is 294 g/mol. The van der Waals surface area contributed by atoms with Crippen LogP contribution in [-0.2, 0) is 4.79 Å². The van der Waals surface area contributed by atoms with Gasteiger partial charge in [0.05, 0.1) is 12.0 Å². The van der Waals surface area contributed by atoms with Gasteiger partial charge in [-0.15, -0.1) is 0 Å². The highest BCUT2D eigenvalue weighted by Crippen LogP contribution is 2.20. The summed E-state index contributed by atoms with van der Waals surface area (Å²) < 4.78 is 6.87. The van der Waals surface area contributed by atoms with Crippen LogP contribution in [0.4, 0.5) is 5.69 Å². The number of nitrogens with zero attached hydrogens (tertiary/aromatic N) is 1. The van der Waals surface area contributed by atoms with Crippen LogP contribution in [0.2, 0.25) is 0 Å². The van der Waals surface area contributed by atoms with Gasteiger partial charge in [0, 0.05) is 30.4 Å². The van der Waals surface area contributed by atoms with Gasteiger partial charge in [-0.3, -0.25) is 14.2 Å². The van der Waals surface area contributed by atoms with Gasteiger partial charge in [0.2, 0.25) is 5.91 Å². The molecule has 1 aromatic carbocycles. The maximum atomic E-state index is 12.1. The minimum Gasteiger partial charge on any atom is -0.464 e. The van der Waals surface area contributed by atoms with Crippen molar-refractivity contribution in [3.8, 4) is 17.0 Å². The molecule has 22 heavy (non-hydrogen) atoms. The maximum absolute atomic E-state index is 12.1. The molecule has 5 heteroatoms. The molecular formula is C17H14N2O3. The quantitative estimate of drug-likeness (QED) is 0.807. The number of nitrogens with one attached hydrogen (secondary N) is 1. The number of anilines is 1. The second kappa shape index (κ2) is 5.73. The number of hydrogen-bond acceptors (Lipinski definition) is 3. The SMILES string of the molecule is CC(=O)Nc1cccc(-n2cc(-c3ccco3)ccc2=O)c1. The van der Waals surface area contributed by atoms with Gasteiger partial charge in [-0.25, -0.2) is 0 Å². The summed E-state index contributed by atoms with van der Waals surface area (Å²) in [6, 6.07) is 13.9. The maximum Gasteiger partial charge on any atom is 0.255 e. The zero-order chi connectivity index (χ0) is 15.5. The molecule has 0 atom stereocenters. The predicted molar refractivity (Wildman–Crippen MR) is 84.0 cm³/mol. The second-order valence-electron chi connectivity index (χ2n) is 4.83. The van der Waals surface area contributed by atoms with Crippen molar-refractivity contribution in [3.05, 3.63) is 71.3 Å². The van der Waals surface area contributed by atoms with Crippen molar-refractivity contribution < 1.29 is 9.21 Å². The zero-order valence-corrected chi connectivity index (χ0v) is 11.9. The van der Waals surface area contributed by atoms with Crippen molar-refractivity contribution in [2.75, 3.05) is 5.32 Å². The molecule has 0 spiro atoms. The van der Waals surface area contributed by atoms with Crippen LogP contribution < -0.4 is 10.9 Å². The van der Waals surface area contributed by atoms with E-state index in [-0.39, 0.29) is 11.5 Å². The number of carbonyl (C=O) groups is 1. The molecule has 0 aliphatic heterocycles. The normalized spacial score (nSPS) is 10.4. The molecule has 0 bridgehead atoms. The van der Waals surface area contributed by atoms with Crippen LogP contribution in [0, 0.1) is 0 Å². The Morgan fingerprint density at radius 1 is 1.14 bits per heavy atom. The van der Waals surface area contributed by atoms with Crippen molar-refractivity contribution in [3.63, 3.8) is 0 Å². The Hall–Kier alpha value is -3.08. The highest BCUT2D eigenvalue weighted by molar-refractivity contribution is 5.88. The van der Waals surface area contributed by atoms with E-state index in [0.29, 0.717) is 17.1 Å². The summed E-state index contributed by atoms with van der Waals surface area (Å²) in [6.07, 6.45) is 3.30. The van der Waals surface area contributed by atoms with Crippen molar-refractivity contribution in [1.82, 2.24) is 4.57 Å². The van der Waals surface area contributed by atoms with E-state index in [0.717, 1.165) is 5.56 Å². The first-order valence-corrected chi connectivity index (χ1v) is 6.78. The Kier molecular flexibility index (Phi) is 3.62. The van der Waals surface area contributed by atoms with Crippen molar-refractivity contribution in [2.24, 2.45) is 0 Å². The Bertz CT molecular complexity index is 864. The zero-order valence-electron chi connectivity index (χ0n) is 11.9. The Balaban J connectivity index is 2.06. The van der Waals surface area contributed by atoms with E-state index in [4.69, 9.17) is 4.42 Å². The molecule has 3 rings (SSSR count). The number of benzene rings is 1. The molecule has 1 N–H and O–H groups in total. The van der Waals surface area contributed by atoms with Crippen LogP contribution in [0.25, 0.3) is 17.0 Å². The molecule has 2 heterocycles. The molecule has 0 aliphatic carbocycles. The molecule has 0 aliphatic rings. The lowest BCUT2D eigenvalue weighted by molar-refractivity contribution is -0.114. The van der Waals surface area contributed by atoms with Gasteiger partial charge >= 0.3 is 0 Å². The third-order valence-electron chi connectivity index (χ3n) is 3.16. The third-order valence-corrected chi connectivity index (χ3v) is 3.16. The summed E-state index contributed by atoms with van der Waals surface area (Å²) in [7, 11) is 0. The molecule has 3 aromatic rings. The first-order chi connectivity index (χ1) is 10.6. The fourth-order valence-corrected chi connectivity index (χ4v) is 2.21. The van der Waals surface area contributed by atoms with Gasteiger partial charge < -0.3 is 9.73 Å². The Morgan fingerprint density at radius 3 is 2.73 bits per heavy atom. The molecule has 1 amide bonds. The lowest BCUT2D eigenvalue weighted by Crippen LogP contribution is -2.16. The van der Waals surface area contributed by atoms with Gasteiger partial charge in [0.25, 0.3) is 5.56 Å². The minimum absolute atomic E-state index is 0.157. The third kappa shape index (κ3) is 2.83. The average Bonchev–Trinajstić information content (AvgIpc) is 3.01. The van der Waals surface area contributed by atoms with E-state index in [9.17, 15) is 9.59 Å². The summed E-state index contributed by atoms with van der Waals surface area (Å²) in [6.45, 7) is 1.44. The van der Waals surface area contributed by atoms with Crippen molar-refractivity contribution in [1.29, 1.82) is 0 Å². The molecule has 0 unspecified atom stereocenters. The molecule has 0 saturated carbocycles. The summed E-state index contributed by atoms with van der Waals surface area (Å²) in [5.41, 5.74) is 1.95. The summed E-state index contributed by atoms with van der Waals surface area (Å²) in [5, 5.41) is 2.70. The van der Waals surface area contributed by atoms with Gasteiger partial charge in [0.1, 0.15) is 5.76 Å². The molecule has 0 fully saturated rings. The average molecular weight is 294 g/mol. The summed E-state index contributed by atoms with van der Waals surface area (Å²) in [5.74, 6) is 0.528. The van der Waals surface area contributed by atoms with E-state index >= 15 is 0 Å². The van der Waals surface area contributed by atoms with Crippen LogP contribution >= 0.6 is 0 Å². The van der Waals surface area contributed by atoms with Gasteiger partial charge in [0.15, 0.2) is 0 Å². The molecule has 0 radical (unpaired) electrons. The van der Waals surface area contributed by atoms with Crippen LogP contribution in [0.3, 0.4) is 0 Å². The Morgan fingerprint density at radius 2 is 2.00 bits per heavy atom. The van der Waals surface area contributed by atoms with Crippen molar-refractivity contribution >= 4 is 11.6 Å². The van der Waals surface area contributed by atoms with E-state index in [2.05, 4.69) is 5.32 Å². The van der Waals surface area contributed by atoms with Crippen LogP contribution in [0.1, 0.15) is 6.92 Å². The number of furan rings is 1. The number of carbonyl (C=O) groups excluding carboxylic acids is 1. The van der Waals surface area contributed by atoms with Crippen LogP contribution in [0.5, 0.6) is 0 Å². The Labute approximate surface area is 126 Å². The predicted octanol–water partition coefficient (Wildman–Crippen LogP) is 3.06. The minimum atomic E-state index is -0.158. The first-order valence-electron chi connectivity index (χ1n) is 6.78. The summed E-state index contributed by atoms with van der Waals surface area (Å²) in [4.78, 5) is 23.3. The number of rotatable bonds is 3. The number of hydrogen-bond donors (Lipinski definition) is 1. The largest absolute Gasteiger partial charge is 0.464 e. The van der Waals surface area contributed by atoms with Gasteiger partial charge in [-0.2, -0.15) is 0 Å². The second-order valence-corrected chi connectivity index (χ2v) is 4.83. The first kappa shape index (κ1) is 13.9. The topological polar surface area (TPSA) is 64.2 Å². The van der Waals surface area contributed by atoms with Gasteiger partial charge in [-0.1, -0.05) is 6.07 Å². The smallest absolute Gasteiger partial charge is 0.255 e. The highest BCUT2D eigenvalue weighted by atomic mass is 16.3.